The minimum absolute atomic E-state index is 0.0477. The van der Waals surface area contributed by atoms with Crippen LogP contribution in [0.3, 0.4) is 0 Å². The number of Topliss-reactive ketones (excluding diaryl/α,β-unsaturated/α-hetero) is 1. The Morgan fingerprint density at radius 1 is 1.53 bits per heavy atom. The van der Waals surface area contributed by atoms with E-state index in [1.807, 2.05) is 12.3 Å². The van der Waals surface area contributed by atoms with Crippen LogP contribution in [-0.4, -0.2) is 28.1 Å². The second kappa shape index (κ2) is 4.10. The molecule has 0 N–H and O–H groups in total. The fourth-order valence-electron chi connectivity index (χ4n) is 1.56. The summed E-state index contributed by atoms with van der Waals surface area (Å²) >= 11 is 1.56. The van der Waals surface area contributed by atoms with Crippen LogP contribution in [0.2, 0.25) is 0 Å². The largest absolute Gasteiger partial charge is 0.335 e. The van der Waals surface area contributed by atoms with Crippen LogP contribution < -0.4 is 0 Å². The second-order valence-electron chi connectivity index (χ2n) is 3.66. The van der Waals surface area contributed by atoms with Gasteiger partial charge in [0.15, 0.2) is 0 Å². The van der Waals surface area contributed by atoms with E-state index in [9.17, 15) is 9.59 Å². The van der Waals surface area contributed by atoms with E-state index < -0.39 is 0 Å². The first kappa shape index (κ1) is 10.3. The van der Waals surface area contributed by atoms with Crippen molar-refractivity contribution in [3.05, 3.63) is 16.1 Å². The molecule has 2 heterocycles. The van der Waals surface area contributed by atoms with Gasteiger partial charge >= 0.3 is 0 Å². The quantitative estimate of drug-likeness (QED) is 0.708. The van der Waals surface area contributed by atoms with Crippen molar-refractivity contribution >= 4 is 23.0 Å². The maximum absolute atomic E-state index is 11.5. The van der Waals surface area contributed by atoms with Crippen molar-refractivity contribution in [3.8, 4) is 0 Å². The number of thiazole rings is 1. The topological polar surface area (TPSA) is 50.3 Å². The molecule has 1 fully saturated rings. The van der Waals surface area contributed by atoms with E-state index >= 15 is 0 Å². The van der Waals surface area contributed by atoms with Gasteiger partial charge in [0.05, 0.1) is 13.0 Å². The molecule has 4 nitrogen and oxygen atoms in total. The molecule has 0 bridgehead atoms. The van der Waals surface area contributed by atoms with Gasteiger partial charge in [-0.05, 0) is 6.92 Å². The molecule has 1 aliphatic heterocycles. The number of rotatable bonds is 2. The van der Waals surface area contributed by atoms with Gasteiger partial charge in [-0.3, -0.25) is 9.59 Å². The van der Waals surface area contributed by atoms with Crippen molar-refractivity contribution in [2.45, 2.75) is 26.3 Å². The van der Waals surface area contributed by atoms with Gasteiger partial charge in [-0.2, -0.15) is 0 Å². The number of hydrogen-bond acceptors (Lipinski definition) is 4. The number of likely N-dealkylation sites (tertiary alicyclic amines) is 1. The summed E-state index contributed by atoms with van der Waals surface area (Å²) in [5.41, 5.74) is 0.982. The van der Waals surface area contributed by atoms with Gasteiger partial charge in [0.25, 0.3) is 0 Å². The molecule has 0 atom stereocenters. The molecule has 1 amide bonds. The maximum atomic E-state index is 11.5. The standard InChI is InChI=1S/C10H12N2O2S/c1-7-6-15-9(11-7)5-12-3-2-8(13)4-10(12)14/h6H,2-5H2,1H3. The molecule has 15 heavy (non-hydrogen) atoms. The van der Waals surface area contributed by atoms with Crippen LogP contribution in [0, 0.1) is 6.92 Å². The zero-order chi connectivity index (χ0) is 10.8. The lowest BCUT2D eigenvalue weighted by Crippen LogP contribution is -2.38. The molecule has 0 aromatic carbocycles. The van der Waals surface area contributed by atoms with Gasteiger partial charge in [-0.15, -0.1) is 11.3 Å². The molecular weight excluding hydrogens is 212 g/mol. The van der Waals surface area contributed by atoms with Crippen molar-refractivity contribution in [2.75, 3.05) is 6.54 Å². The smallest absolute Gasteiger partial charge is 0.230 e. The molecule has 0 spiro atoms. The minimum Gasteiger partial charge on any atom is -0.335 e. The fraction of sp³-hybridized carbons (Fsp3) is 0.500. The predicted octanol–water partition coefficient (Wildman–Crippen LogP) is 1.14. The molecule has 0 aliphatic carbocycles. The number of amides is 1. The van der Waals surface area contributed by atoms with Crippen LogP contribution in [-0.2, 0) is 16.1 Å². The number of carbonyl (C=O) groups excluding carboxylic acids is 2. The Hall–Kier alpha value is -1.23. The molecule has 2 rings (SSSR count). The van der Waals surface area contributed by atoms with Crippen LogP contribution in [0.1, 0.15) is 23.5 Å². The number of carbonyl (C=O) groups is 2. The van der Waals surface area contributed by atoms with E-state index in [0.717, 1.165) is 10.7 Å². The number of hydrogen-bond donors (Lipinski definition) is 0. The molecule has 80 valence electrons. The highest BCUT2D eigenvalue weighted by atomic mass is 32.1. The Bertz CT molecular complexity index is 400. The first-order valence-electron chi connectivity index (χ1n) is 4.85. The summed E-state index contributed by atoms with van der Waals surface area (Å²) in [6.07, 6.45) is 0.542. The van der Waals surface area contributed by atoms with Gasteiger partial charge in [-0.1, -0.05) is 0 Å². The predicted molar refractivity (Wildman–Crippen MR) is 56.5 cm³/mol. The lowest BCUT2D eigenvalue weighted by molar-refractivity contribution is -0.139. The molecule has 0 unspecified atom stereocenters. The van der Waals surface area contributed by atoms with Crippen LogP contribution in [0.4, 0.5) is 0 Å². The lowest BCUT2D eigenvalue weighted by atomic mass is 10.1. The van der Waals surface area contributed by atoms with Crippen molar-refractivity contribution < 1.29 is 9.59 Å². The summed E-state index contributed by atoms with van der Waals surface area (Å²) in [4.78, 5) is 28.5. The summed E-state index contributed by atoms with van der Waals surface area (Å²) in [7, 11) is 0. The van der Waals surface area contributed by atoms with Crippen LogP contribution in [0.15, 0.2) is 5.38 Å². The third kappa shape index (κ3) is 2.41. The van der Waals surface area contributed by atoms with E-state index in [-0.39, 0.29) is 18.1 Å². The minimum atomic E-state index is -0.0703. The highest BCUT2D eigenvalue weighted by molar-refractivity contribution is 7.09. The monoisotopic (exact) mass is 224 g/mol. The van der Waals surface area contributed by atoms with E-state index in [4.69, 9.17) is 0 Å². The van der Waals surface area contributed by atoms with E-state index in [0.29, 0.717) is 19.5 Å². The maximum Gasteiger partial charge on any atom is 0.230 e. The SMILES string of the molecule is Cc1csc(CN2CCC(=O)CC2=O)n1. The third-order valence-corrected chi connectivity index (χ3v) is 3.31. The van der Waals surface area contributed by atoms with Crippen LogP contribution in [0.25, 0.3) is 0 Å². The van der Waals surface area contributed by atoms with Crippen LogP contribution >= 0.6 is 11.3 Å². The highest BCUT2D eigenvalue weighted by Crippen LogP contribution is 2.15. The van der Waals surface area contributed by atoms with Gasteiger partial charge in [0, 0.05) is 24.0 Å². The van der Waals surface area contributed by atoms with E-state index in [1.54, 1.807) is 16.2 Å². The van der Waals surface area contributed by atoms with Crippen molar-refractivity contribution in [1.82, 2.24) is 9.88 Å². The average molecular weight is 224 g/mol. The van der Waals surface area contributed by atoms with Crippen LogP contribution in [0.5, 0.6) is 0 Å². The zero-order valence-corrected chi connectivity index (χ0v) is 9.34. The summed E-state index contributed by atoms with van der Waals surface area (Å²) in [5, 5.41) is 2.91. The Labute approximate surface area is 91.9 Å². The molecule has 5 heteroatoms. The first-order chi connectivity index (χ1) is 7.15. The van der Waals surface area contributed by atoms with Gasteiger partial charge < -0.3 is 4.90 Å². The Kier molecular flexibility index (Phi) is 2.81. The Balaban J connectivity index is 2.00. The normalized spacial score (nSPS) is 17.3. The van der Waals surface area contributed by atoms with E-state index in [1.165, 1.54) is 0 Å². The van der Waals surface area contributed by atoms with E-state index in [2.05, 4.69) is 4.98 Å². The molecule has 0 radical (unpaired) electrons. The Morgan fingerprint density at radius 3 is 2.93 bits per heavy atom. The van der Waals surface area contributed by atoms with Crippen molar-refractivity contribution in [2.24, 2.45) is 0 Å². The molecule has 1 aromatic rings. The lowest BCUT2D eigenvalue weighted by Gasteiger charge is -2.24. The number of ketones is 1. The zero-order valence-electron chi connectivity index (χ0n) is 8.52. The van der Waals surface area contributed by atoms with Gasteiger partial charge in [0.2, 0.25) is 5.91 Å². The Morgan fingerprint density at radius 2 is 2.33 bits per heavy atom. The summed E-state index contributed by atoms with van der Waals surface area (Å²) in [6, 6.07) is 0. The fourth-order valence-corrected chi connectivity index (χ4v) is 2.35. The number of nitrogens with zero attached hydrogens (tertiary/aromatic N) is 2. The summed E-state index contributed by atoms with van der Waals surface area (Å²) in [5.74, 6) is -0.0225. The van der Waals surface area contributed by atoms with Gasteiger partial charge in [0.1, 0.15) is 10.8 Å². The first-order valence-corrected chi connectivity index (χ1v) is 5.73. The molecular formula is C10H12N2O2S. The second-order valence-corrected chi connectivity index (χ2v) is 4.61. The summed E-state index contributed by atoms with van der Waals surface area (Å²) < 4.78 is 0. The molecule has 1 aliphatic rings. The number of aromatic nitrogens is 1. The van der Waals surface area contributed by atoms with Crippen molar-refractivity contribution in [3.63, 3.8) is 0 Å². The average Bonchev–Trinajstić information content (AvgIpc) is 2.56. The molecule has 1 aromatic heterocycles. The number of aryl methyl sites for hydroxylation is 1. The molecule has 0 saturated carbocycles. The van der Waals surface area contributed by atoms with Gasteiger partial charge in [-0.25, -0.2) is 4.98 Å². The third-order valence-electron chi connectivity index (χ3n) is 2.35. The highest BCUT2D eigenvalue weighted by Gasteiger charge is 2.24. The van der Waals surface area contributed by atoms with Crippen molar-refractivity contribution in [1.29, 1.82) is 0 Å². The number of piperidine rings is 1. The molecule has 1 saturated heterocycles. The summed E-state index contributed by atoms with van der Waals surface area (Å²) in [6.45, 7) is 3.02.